The SMILES string of the molecule is N#Cc1cccc(Cn2c(C3CC3)nc(Cl)cc2=O)c1. The average Bonchev–Trinajstić information content (AvgIpc) is 3.26. The Hall–Kier alpha value is -2.12. The van der Waals surface area contributed by atoms with Crippen LogP contribution in [0.1, 0.15) is 35.7 Å². The Labute approximate surface area is 121 Å². The summed E-state index contributed by atoms with van der Waals surface area (Å²) >= 11 is 5.88. The van der Waals surface area contributed by atoms with E-state index in [-0.39, 0.29) is 10.7 Å². The first-order valence-corrected chi connectivity index (χ1v) is 6.81. The van der Waals surface area contributed by atoms with Gasteiger partial charge in [-0.15, -0.1) is 0 Å². The van der Waals surface area contributed by atoms with Crippen molar-refractivity contribution >= 4 is 11.6 Å². The van der Waals surface area contributed by atoms with Crippen molar-refractivity contribution in [3.63, 3.8) is 0 Å². The Bertz CT molecular complexity index is 756. The van der Waals surface area contributed by atoms with Crippen molar-refractivity contribution in [1.29, 1.82) is 5.26 Å². The van der Waals surface area contributed by atoms with E-state index in [4.69, 9.17) is 16.9 Å². The third-order valence-corrected chi connectivity index (χ3v) is 3.54. The van der Waals surface area contributed by atoms with Gasteiger partial charge in [-0.1, -0.05) is 23.7 Å². The maximum absolute atomic E-state index is 12.1. The monoisotopic (exact) mass is 285 g/mol. The van der Waals surface area contributed by atoms with E-state index in [9.17, 15) is 4.79 Å². The molecule has 1 saturated carbocycles. The van der Waals surface area contributed by atoms with E-state index >= 15 is 0 Å². The Morgan fingerprint density at radius 1 is 1.40 bits per heavy atom. The number of rotatable bonds is 3. The molecule has 1 aliphatic rings. The molecule has 0 bridgehead atoms. The number of aromatic nitrogens is 2. The lowest BCUT2D eigenvalue weighted by Crippen LogP contribution is -2.24. The van der Waals surface area contributed by atoms with Crippen LogP contribution < -0.4 is 5.56 Å². The first-order valence-electron chi connectivity index (χ1n) is 6.43. The van der Waals surface area contributed by atoms with Crippen LogP contribution in [-0.2, 0) is 6.54 Å². The van der Waals surface area contributed by atoms with E-state index in [2.05, 4.69) is 11.1 Å². The molecule has 0 radical (unpaired) electrons. The van der Waals surface area contributed by atoms with Crippen LogP contribution >= 0.6 is 11.6 Å². The number of halogens is 1. The van der Waals surface area contributed by atoms with E-state index in [1.54, 1.807) is 16.7 Å². The molecule has 0 amide bonds. The maximum Gasteiger partial charge on any atom is 0.255 e. The molecule has 0 saturated heterocycles. The van der Waals surface area contributed by atoms with Crippen LogP contribution in [-0.4, -0.2) is 9.55 Å². The van der Waals surface area contributed by atoms with Crippen LogP contribution in [0.15, 0.2) is 35.1 Å². The van der Waals surface area contributed by atoms with Crippen molar-refractivity contribution in [2.45, 2.75) is 25.3 Å². The first kappa shape index (κ1) is 12.9. The molecule has 0 N–H and O–H groups in total. The second kappa shape index (κ2) is 5.10. The predicted molar refractivity (Wildman–Crippen MR) is 75.7 cm³/mol. The molecule has 4 nitrogen and oxygen atoms in total. The summed E-state index contributed by atoms with van der Waals surface area (Å²) < 4.78 is 1.65. The molecule has 100 valence electrons. The van der Waals surface area contributed by atoms with Crippen molar-refractivity contribution in [3.8, 4) is 6.07 Å². The molecule has 2 aromatic rings. The van der Waals surface area contributed by atoms with Gasteiger partial charge in [0.05, 0.1) is 18.2 Å². The molecule has 1 aromatic carbocycles. The molecular weight excluding hydrogens is 274 g/mol. The smallest absolute Gasteiger partial charge is 0.255 e. The standard InChI is InChI=1S/C15H12ClN3O/c16-13-7-14(20)19(15(18-13)12-4-5-12)9-11-3-1-2-10(6-11)8-17/h1-3,6-7,12H,4-5,9H2. The zero-order valence-electron chi connectivity index (χ0n) is 10.7. The molecule has 1 heterocycles. The van der Waals surface area contributed by atoms with Crippen LogP contribution in [0.5, 0.6) is 0 Å². The van der Waals surface area contributed by atoms with Gasteiger partial charge in [-0.3, -0.25) is 9.36 Å². The summed E-state index contributed by atoms with van der Waals surface area (Å²) in [6.07, 6.45) is 2.09. The van der Waals surface area contributed by atoms with Crippen LogP contribution in [0.3, 0.4) is 0 Å². The van der Waals surface area contributed by atoms with Crippen molar-refractivity contribution in [2.75, 3.05) is 0 Å². The third kappa shape index (κ3) is 2.59. The number of nitrogens with zero attached hydrogens (tertiary/aromatic N) is 3. The van der Waals surface area contributed by atoms with E-state index in [1.807, 2.05) is 12.1 Å². The van der Waals surface area contributed by atoms with Crippen LogP contribution in [0.2, 0.25) is 5.15 Å². The van der Waals surface area contributed by atoms with Gasteiger partial charge < -0.3 is 0 Å². The Balaban J connectivity index is 2.02. The summed E-state index contributed by atoms with van der Waals surface area (Å²) in [5.74, 6) is 1.09. The highest BCUT2D eigenvalue weighted by molar-refractivity contribution is 6.29. The first-order chi connectivity index (χ1) is 9.67. The van der Waals surface area contributed by atoms with Gasteiger partial charge >= 0.3 is 0 Å². The van der Waals surface area contributed by atoms with Gasteiger partial charge in [0, 0.05) is 12.0 Å². The van der Waals surface area contributed by atoms with Gasteiger partial charge in [-0.2, -0.15) is 5.26 Å². The van der Waals surface area contributed by atoms with Crippen molar-refractivity contribution < 1.29 is 0 Å². The number of hydrogen-bond acceptors (Lipinski definition) is 3. The fraction of sp³-hybridized carbons (Fsp3) is 0.267. The van der Waals surface area contributed by atoms with Gasteiger partial charge in [0.25, 0.3) is 5.56 Å². The fourth-order valence-corrected chi connectivity index (χ4v) is 2.41. The normalized spacial score (nSPS) is 14.0. The summed E-state index contributed by atoms with van der Waals surface area (Å²) in [6, 6.07) is 10.7. The summed E-state index contributed by atoms with van der Waals surface area (Å²) in [5.41, 5.74) is 1.36. The second-order valence-corrected chi connectivity index (χ2v) is 5.34. The summed E-state index contributed by atoms with van der Waals surface area (Å²) in [5, 5.41) is 9.17. The highest BCUT2D eigenvalue weighted by Gasteiger charge is 2.29. The van der Waals surface area contributed by atoms with E-state index in [0.29, 0.717) is 18.0 Å². The topological polar surface area (TPSA) is 58.7 Å². The molecule has 5 heteroatoms. The minimum Gasteiger partial charge on any atom is -0.292 e. The highest BCUT2D eigenvalue weighted by Crippen LogP contribution is 2.38. The fourth-order valence-electron chi connectivity index (χ4n) is 2.23. The van der Waals surface area contributed by atoms with Crippen molar-refractivity contribution in [3.05, 3.63) is 62.8 Å². The van der Waals surface area contributed by atoms with E-state index in [0.717, 1.165) is 24.2 Å². The molecule has 20 heavy (non-hydrogen) atoms. The Morgan fingerprint density at radius 3 is 2.90 bits per heavy atom. The lowest BCUT2D eigenvalue weighted by Gasteiger charge is -2.11. The molecule has 0 aliphatic heterocycles. The van der Waals surface area contributed by atoms with Gasteiger partial charge in [0.2, 0.25) is 0 Å². The molecule has 1 fully saturated rings. The van der Waals surface area contributed by atoms with Crippen LogP contribution in [0.4, 0.5) is 0 Å². The summed E-state index contributed by atoms with van der Waals surface area (Å²) in [6.45, 7) is 0.421. The lowest BCUT2D eigenvalue weighted by molar-refractivity contribution is 0.669. The van der Waals surface area contributed by atoms with Crippen molar-refractivity contribution in [2.24, 2.45) is 0 Å². The Morgan fingerprint density at radius 2 is 2.20 bits per heavy atom. The van der Waals surface area contributed by atoms with E-state index < -0.39 is 0 Å². The predicted octanol–water partition coefficient (Wildman–Crippen LogP) is 2.69. The largest absolute Gasteiger partial charge is 0.292 e. The molecule has 0 spiro atoms. The minimum atomic E-state index is -0.144. The molecule has 0 atom stereocenters. The van der Waals surface area contributed by atoms with Gasteiger partial charge in [0.15, 0.2) is 0 Å². The lowest BCUT2D eigenvalue weighted by atomic mass is 10.1. The zero-order chi connectivity index (χ0) is 14.1. The number of nitriles is 1. The zero-order valence-corrected chi connectivity index (χ0v) is 11.5. The number of benzene rings is 1. The summed E-state index contributed by atoms with van der Waals surface area (Å²) in [7, 11) is 0. The number of hydrogen-bond donors (Lipinski definition) is 0. The molecular formula is C15H12ClN3O. The van der Waals surface area contributed by atoms with Crippen molar-refractivity contribution in [1.82, 2.24) is 9.55 Å². The molecule has 0 unspecified atom stereocenters. The van der Waals surface area contributed by atoms with Crippen LogP contribution in [0, 0.1) is 11.3 Å². The molecule has 3 rings (SSSR count). The Kier molecular flexibility index (Phi) is 3.29. The molecule has 1 aliphatic carbocycles. The van der Waals surface area contributed by atoms with E-state index in [1.165, 1.54) is 6.07 Å². The summed E-state index contributed by atoms with van der Waals surface area (Å²) in [4.78, 5) is 16.4. The van der Waals surface area contributed by atoms with Gasteiger partial charge in [-0.05, 0) is 30.5 Å². The highest BCUT2D eigenvalue weighted by atomic mass is 35.5. The van der Waals surface area contributed by atoms with Gasteiger partial charge in [0.1, 0.15) is 11.0 Å². The maximum atomic E-state index is 12.1. The average molecular weight is 286 g/mol. The quantitative estimate of drug-likeness (QED) is 0.815. The van der Waals surface area contributed by atoms with Crippen LogP contribution in [0.25, 0.3) is 0 Å². The van der Waals surface area contributed by atoms with Gasteiger partial charge in [-0.25, -0.2) is 4.98 Å². The third-order valence-electron chi connectivity index (χ3n) is 3.35. The molecule has 1 aromatic heterocycles. The minimum absolute atomic E-state index is 0.144. The second-order valence-electron chi connectivity index (χ2n) is 4.95.